The van der Waals surface area contributed by atoms with Crippen molar-refractivity contribution in [3.05, 3.63) is 56.3 Å². The predicted octanol–water partition coefficient (Wildman–Crippen LogP) is 3.30. The van der Waals surface area contributed by atoms with Crippen molar-refractivity contribution >= 4 is 21.9 Å². The lowest BCUT2D eigenvalue weighted by atomic mass is 10.1. The number of nitrogens with zero attached hydrogens (tertiary/aromatic N) is 1. The second-order valence-electron chi connectivity index (χ2n) is 4.64. The van der Waals surface area contributed by atoms with Crippen molar-refractivity contribution in [1.82, 2.24) is 4.57 Å². The Morgan fingerprint density at radius 2 is 1.90 bits per heavy atom. The minimum absolute atomic E-state index is 0.0974. The van der Waals surface area contributed by atoms with E-state index in [1.165, 1.54) is 6.07 Å². The number of ether oxygens (including phenoxy) is 1. The monoisotopic (exact) mass is 349 g/mol. The van der Waals surface area contributed by atoms with E-state index in [1.807, 2.05) is 35.9 Å². The molecule has 0 amide bonds. The van der Waals surface area contributed by atoms with Gasteiger partial charge in [-0.05, 0) is 31.5 Å². The second kappa shape index (κ2) is 6.26. The van der Waals surface area contributed by atoms with Crippen LogP contribution in [-0.4, -0.2) is 17.1 Å². The summed E-state index contributed by atoms with van der Waals surface area (Å²) in [7, 11) is 1.83. The van der Waals surface area contributed by atoms with Crippen LogP contribution >= 0.6 is 15.9 Å². The topological polar surface area (TPSA) is 48.3 Å². The van der Waals surface area contributed by atoms with Crippen molar-refractivity contribution in [2.45, 2.75) is 13.8 Å². The zero-order valence-corrected chi connectivity index (χ0v) is 13.7. The fraction of sp³-hybridized carbons (Fsp3) is 0.250. The van der Waals surface area contributed by atoms with E-state index in [-0.39, 0.29) is 17.6 Å². The van der Waals surface area contributed by atoms with Crippen LogP contribution < -0.4 is 5.43 Å². The van der Waals surface area contributed by atoms with Crippen molar-refractivity contribution in [1.29, 1.82) is 0 Å². The molecule has 0 aliphatic carbocycles. The molecule has 21 heavy (non-hydrogen) atoms. The molecule has 0 fully saturated rings. The first kappa shape index (κ1) is 15.5. The third-order valence-corrected chi connectivity index (χ3v) is 3.89. The molecule has 0 saturated heterocycles. The number of esters is 1. The first-order valence-corrected chi connectivity index (χ1v) is 7.38. The van der Waals surface area contributed by atoms with Gasteiger partial charge in [-0.25, -0.2) is 4.79 Å². The zero-order valence-electron chi connectivity index (χ0n) is 12.1. The average molecular weight is 350 g/mol. The Hall–Kier alpha value is -1.88. The normalized spacial score (nSPS) is 10.5. The van der Waals surface area contributed by atoms with Crippen LogP contribution in [0.5, 0.6) is 0 Å². The van der Waals surface area contributed by atoms with Gasteiger partial charge in [-0.1, -0.05) is 28.1 Å². The lowest BCUT2D eigenvalue weighted by molar-refractivity contribution is 0.0523. The summed E-state index contributed by atoms with van der Waals surface area (Å²) < 4.78 is 7.75. The van der Waals surface area contributed by atoms with Gasteiger partial charge >= 0.3 is 5.97 Å². The largest absolute Gasteiger partial charge is 0.462 e. The molecule has 0 atom stereocenters. The molecule has 0 saturated carbocycles. The first-order chi connectivity index (χ1) is 9.95. The van der Waals surface area contributed by atoms with E-state index >= 15 is 0 Å². The maximum atomic E-state index is 12.2. The van der Waals surface area contributed by atoms with Gasteiger partial charge in [0, 0.05) is 23.3 Å². The fourth-order valence-corrected chi connectivity index (χ4v) is 2.43. The van der Waals surface area contributed by atoms with Gasteiger partial charge in [-0.15, -0.1) is 0 Å². The molecule has 0 bridgehead atoms. The smallest absolute Gasteiger partial charge is 0.343 e. The molecule has 2 aromatic rings. The van der Waals surface area contributed by atoms with Gasteiger partial charge in [0.25, 0.3) is 0 Å². The summed E-state index contributed by atoms with van der Waals surface area (Å²) in [4.78, 5) is 24.1. The fourth-order valence-electron chi connectivity index (χ4n) is 2.17. The molecule has 0 aliphatic rings. The first-order valence-electron chi connectivity index (χ1n) is 6.59. The Labute approximate surface area is 131 Å². The van der Waals surface area contributed by atoms with Gasteiger partial charge in [0.15, 0.2) is 5.43 Å². The third kappa shape index (κ3) is 3.08. The van der Waals surface area contributed by atoms with Crippen LogP contribution in [0.3, 0.4) is 0 Å². The SMILES string of the molecule is CCOC(=O)c1c(C)n(C)c(-c2ccc(Br)cc2)cc1=O. The molecule has 1 heterocycles. The summed E-state index contributed by atoms with van der Waals surface area (Å²) in [6.07, 6.45) is 0. The van der Waals surface area contributed by atoms with E-state index in [2.05, 4.69) is 15.9 Å². The third-order valence-electron chi connectivity index (χ3n) is 3.36. The minimum atomic E-state index is -0.571. The molecule has 5 heteroatoms. The van der Waals surface area contributed by atoms with Crippen LogP contribution in [0.1, 0.15) is 23.0 Å². The highest BCUT2D eigenvalue weighted by Crippen LogP contribution is 2.22. The molecule has 110 valence electrons. The number of aromatic nitrogens is 1. The van der Waals surface area contributed by atoms with Crippen LogP contribution in [0.2, 0.25) is 0 Å². The van der Waals surface area contributed by atoms with E-state index in [4.69, 9.17) is 4.74 Å². The summed E-state index contributed by atoms with van der Waals surface area (Å²) in [6, 6.07) is 9.13. The summed E-state index contributed by atoms with van der Waals surface area (Å²) >= 11 is 3.38. The van der Waals surface area contributed by atoms with E-state index in [0.29, 0.717) is 5.69 Å². The van der Waals surface area contributed by atoms with E-state index in [0.717, 1.165) is 15.7 Å². The van der Waals surface area contributed by atoms with Crippen molar-refractivity contribution in [3.8, 4) is 11.3 Å². The minimum Gasteiger partial charge on any atom is -0.462 e. The Morgan fingerprint density at radius 3 is 2.48 bits per heavy atom. The summed E-state index contributed by atoms with van der Waals surface area (Å²) in [6.45, 7) is 3.71. The second-order valence-corrected chi connectivity index (χ2v) is 5.56. The van der Waals surface area contributed by atoms with Crippen LogP contribution in [0.25, 0.3) is 11.3 Å². The lowest BCUT2D eigenvalue weighted by Crippen LogP contribution is -2.23. The van der Waals surface area contributed by atoms with Gasteiger partial charge < -0.3 is 9.30 Å². The highest BCUT2D eigenvalue weighted by Gasteiger charge is 2.18. The summed E-state index contributed by atoms with van der Waals surface area (Å²) in [5.41, 5.74) is 2.05. The van der Waals surface area contributed by atoms with E-state index < -0.39 is 5.97 Å². The molecule has 0 radical (unpaired) electrons. The molecule has 0 aliphatic heterocycles. The van der Waals surface area contributed by atoms with Crippen molar-refractivity contribution in [2.75, 3.05) is 6.61 Å². The Kier molecular flexibility index (Phi) is 4.63. The number of halogens is 1. The van der Waals surface area contributed by atoms with Gasteiger partial charge in [0.2, 0.25) is 0 Å². The van der Waals surface area contributed by atoms with Crippen molar-refractivity contribution in [2.24, 2.45) is 7.05 Å². The van der Waals surface area contributed by atoms with Crippen LogP contribution in [0, 0.1) is 6.92 Å². The molecule has 1 aromatic carbocycles. The molecule has 1 aromatic heterocycles. The van der Waals surface area contributed by atoms with Gasteiger partial charge in [0.05, 0.1) is 12.3 Å². The van der Waals surface area contributed by atoms with Gasteiger partial charge in [-0.3, -0.25) is 4.79 Å². The molecule has 0 N–H and O–H groups in total. The maximum Gasteiger partial charge on any atom is 0.343 e. The lowest BCUT2D eigenvalue weighted by Gasteiger charge is -2.15. The average Bonchev–Trinajstić information content (AvgIpc) is 2.44. The number of pyridine rings is 1. The summed E-state index contributed by atoms with van der Waals surface area (Å²) in [5.74, 6) is -0.571. The number of carbonyl (C=O) groups is 1. The molecular formula is C16H16BrNO3. The van der Waals surface area contributed by atoms with Gasteiger partial charge in [0.1, 0.15) is 5.56 Å². The van der Waals surface area contributed by atoms with Gasteiger partial charge in [-0.2, -0.15) is 0 Å². The number of hydrogen-bond acceptors (Lipinski definition) is 3. The van der Waals surface area contributed by atoms with Crippen molar-refractivity contribution in [3.63, 3.8) is 0 Å². The van der Waals surface area contributed by atoms with Crippen molar-refractivity contribution < 1.29 is 9.53 Å². The summed E-state index contributed by atoms with van der Waals surface area (Å²) in [5, 5.41) is 0. The van der Waals surface area contributed by atoms with Crippen LogP contribution in [0.15, 0.2) is 39.6 Å². The van der Waals surface area contributed by atoms with Crippen LogP contribution in [0.4, 0.5) is 0 Å². The Morgan fingerprint density at radius 1 is 1.29 bits per heavy atom. The highest BCUT2D eigenvalue weighted by molar-refractivity contribution is 9.10. The molecule has 2 rings (SSSR count). The molecule has 0 spiro atoms. The number of carbonyl (C=O) groups excluding carboxylic acids is 1. The van der Waals surface area contributed by atoms with Crippen LogP contribution in [-0.2, 0) is 11.8 Å². The molecule has 4 nitrogen and oxygen atoms in total. The molecular weight excluding hydrogens is 334 g/mol. The highest BCUT2D eigenvalue weighted by atomic mass is 79.9. The predicted molar refractivity (Wildman–Crippen MR) is 85.5 cm³/mol. The number of benzene rings is 1. The molecule has 0 unspecified atom stereocenters. The number of rotatable bonds is 3. The maximum absolute atomic E-state index is 12.2. The standard InChI is InChI=1S/C16H16BrNO3/c1-4-21-16(20)15-10(2)18(3)13(9-14(15)19)11-5-7-12(17)8-6-11/h5-9H,4H2,1-3H3. The Bertz CT molecular complexity index is 732. The van der Waals surface area contributed by atoms with E-state index in [1.54, 1.807) is 13.8 Å². The van der Waals surface area contributed by atoms with E-state index in [9.17, 15) is 9.59 Å². The Balaban J connectivity index is 2.60. The number of hydrogen-bond donors (Lipinski definition) is 0. The zero-order chi connectivity index (χ0) is 15.6. The quantitative estimate of drug-likeness (QED) is 0.798.